The monoisotopic (exact) mass is 218 g/mol. The molecule has 0 saturated carbocycles. The molecule has 1 rings (SSSR count). The fourth-order valence-corrected chi connectivity index (χ4v) is 1.47. The lowest BCUT2D eigenvalue weighted by Gasteiger charge is -2.03. The Hall–Kier alpha value is -1.14. The van der Waals surface area contributed by atoms with Gasteiger partial charge in [0.05, 0.1) is 4.90 Å². The second-order valence-corrected chi connectivity index (χ2v) is 4.25. The quantitative estimate of drug-likeness (QED) is 0.782. The van der Waals surface area contributed by atoms with Crippen molar-refractivity contribution in [2.45, 2.75) is 4.90 Å². The van der Waals surface area contributed by atoms with E-state index in [0.717, 1.165) is 0 Å². The maximum absolute atomic E-state index is 11.8. The van der Waals surface area contributed by atoms with Crippen molar-refractivity contribution in [3.05, 3.63) is 24.3 Å². The topological polar surface area (TPSA) is 72.2 Å². The first-order valence-corrected chi connectivity index (χ1v) is 5.51. The zero-order chi connectivity index (χ0) is 10.6. The molecule has 3 N–H and O–H groups in total. The molecule has 0 unspecified atom stereocenters. The molecule has 0 bridgehead atoms. The molecule has 0 fully saturated rings. The number of hydrogen-bond acceptors (Lipinski definition) is 3. The molecule has 0 spiro atoms. The van der Waals surface area contributed by atoms with E-state index in [-0.39, 0.29) is 11.4 Å². The van der Waals surface area contributed by atoms with E-state index in [1.165, 1.54) is 24.3 Å². The molecule has 14 heavy (non-hydrogen) atoms. The molecular weight excluding hydrogens is 207 g/mol. The van der Waals surface area contributed by atoms with Crippen molar-refractivity contribution < 1.29 is 12.8 Å². The normalized spacial score (nSPS) is 11.3. The average molecular weight is 218 g/mol. The molecule has 0 amide bonds. The van der Waals surface area contributed by atoms with Crippen molar-refractivity contribution in [1.82, 2.24) is 0 Å². The highest BCUT2D eigenvalue weighted by Gasteiger charge is 2.05. The summed E-state index contributed by atoms with van der Waals surface area (Å²) in [6.45, 7) is -0.272. The Labute approximate surface area is 82.0 Å². The lowest BCUT2D eigenvalue weighted by atomic mass is 10.3. The summed E-state index contributed by atoms with van der Waals surface area (Å²) < 4.78 is 33.5. The van der Waals surface area contributed by atoms with Gasteiger partial charge in [-0.05, 0) is 24.3 Å². The van der Waals surface area contributed by atoms with Crippen LogP contribution < -0.4 is 10.5 Å². The molecule has 78 valence electrons. The molecular formula is C8H11FN2O2S. The number of benzene rings is 1. The zero-order valence-corrected chi connectivity index (χ0v) is 8.22. The summed E-state index contributed by atoms with van der Waals surface area (Å²) in [7, 11) is -3.64. The molecule has 0 aliphatic carbocycles. The van der Waals surface area contributed by atoms with Crippen LogP contribution in [0.5, 0.6) is 0 Å². The smallest absolute Gasteiger partial charge is 0.238 e. The van der Waals surface area contributed by atoms with Gasteiger partial charge in [-0.25, -0.2) is 17.9 Å². The minimum absolute atomic E-state index is 0.0447. The van der Waals surface area contributed by atoms with Gasteiger partial charge in [0.15, 0.2) is 0 Å². The molecule has 4 nitrogen and oxygen atoms in total. The Kier molecular flexibility index (Phi) is 3.43. The first-order chi connectivity index (χ1) is 6.54. The van der Waals surface area contributed by atoms with Crippen LogP contribution in [0.1, 0.15) is 0 Å². The van der Waals surface area contributed by atoms with E-state index < -0.39 is 16.7 Å². The van der Waals surface area contributed by atoms with Gasteiger partial charge in [0.2, 0.25) is 10.0 Å². The van der Waals surface area contributed by atoms with Crippen molar-refractivity contribution in [2.24, 2.45) is 5.14 Å². The molecule has 1 aromatic carbocycles. The Morgan fingerprint density at radius 1 is 1.29 bits per heavy atom. The Balaban J connectivity index is 2.79. The van der Waals surface area contributed by atoms with Crippen molar-refractivity contribution in [2.75, 3.05) is 18.5 Å². The summed E-state index contributed by atoms with van der Waals surface area (Å²) in [6.07, 6.45) is 0. The number of halogens is 1. The molecule has 0 radical (unpaired) electrons. The van der Waals surface area contributed by atoms with Crippen LogP contribution >= 0.6 is 0 Å². The minimum Gasteiger partial charge on any atom is -0.382 e. The van der Waals surface area contributed by atoms with Gasteiger partial charge in [-0.15, -0.1) is 0 Å². The van der Waals surface area contributed by atoms with Gasteiger partial charge >= 0.3 is 0 Å². The number of nitrogens with one attached hydrogen (secondary N) is 1. The first kappa shape index (κ1) is 10.9. The highest BCUT2D eigenvalue weighted by atomic mass is 32.2. The molecule has 1 aromatic rings. The first-order valence-electron chi connectivity index (χ1n) is 3.97. The Morgan fingerprint density at radius 2 is 1.86 bits per heavy atom. The lowest BCUT2D eigenvalue weighted by molar-refractivity contribution is 0.513. The van der Waals surface area contributed by atoms with Gasteiger partial charge in [-0.3, -0.25) is 0 Å². The number of alkyl halides is 1. The van der Waals surface area contributed by atoms with Gasteiger partial charge in [0.1, 0.15) is 6.67 Å². The summed E-state index contributed by atoms with van der Waals surface area (Å²) >= 11 is 0. The second kappa shape index (κ2) is 4.39. The van der Waals surface area contributed by atoms with Gasteiger partial charge in [0, 0.05) is 12.2 Å². The summed E-state index contributed by atoms with van der Waals surface area (Å²) in [5, 5.41) is 7.66. The molecule has 0 aliphatic rings. The zero-order valence-electron chi connectivity index (χ0n) is 7.40. The molecule has 6 heteroatoms. The number of anilines is 1. The lowest BCUT2D eigenvalue weighted by Crippen LogP contribution is -2.12. The van der Waals surface area contributed by atoms with Crippen LogP contribution in [0.25, 0.3) is 0 Å². The minimum atomic E-state index is -3.64. The third-order valence-corrected chi connectivity index (χ3v) is 2.54. The maximum Gasteiger partial charge on any atom is 0.238 e. The van der Waals surface area contributed by atoms with Gasteiger partial charge in [0.25, 0.3) is 0 Å². The fraction of sp³-hybridized carbons (Fsp3) is 0.250. The van der Waals surface area contributed by atoms with E-state index in [9.17, 15) is 12.8 Å². The maximum atomic E-state index is 11.8. The van der Waals surface area contributed by atoms with E-state index in [2.05, 4.69) is 5.32 Å². The van der Waals surface area contributed by atoms with Crippen molar-refractivity contribution in [3.8, 4) is 0 Å². The highest BCUT2D eigenvalue weighted by molar-refractivity contribution is 7.89. The summed E-state index contributed by atoms with van der Waals surface area (Å²) in [5.74, 6) is 0. The third kappa shape index (κ3) is 2.97. The van der Waals surface area contributed by atoms with Crippen molar-refractivity contribution >= 4 is 15.7 Å². The van der Waals surface area contributed by atoms with Crippen LogP contribution in [0, 0.1) is 0 Å². The number of primary sulfonamides is 1. The number of rotatable bonds is 4. The van der Waals surface area contributed by atoms with Crippen molar-refractivity contribution in [1.29, 1.82) is 0 Å². The van der Waals surface area contributed by atoms with Crippen molar-refractivity contribution in [3.63, 3.8) is 0 Å². The number of nitrogens with two attached hydrogens (primary N) is 1. The Morgan fingerprint density at radius 3 is 2.29 bits per heavy atom. The highest BCUT2D eigenvalue weighted by Crippen LogP contribution is 2.12. The van der Waals surface area contributed by atoms with E-state index in [4.69, 9.17) is 5.14 Å². The van der Waals surface area contributed by atoms with Crippen LogP contribution in [-0.2, 0) is 10.0 Å². The molecule has 0 atom stereocenters. The molecule has 0 saturated heterocycles. The van der Waals surface area contributed by atoms with Crippen LogP contribution in [0.3, 0.4) is 0 Å². The van der Waals surface area contributed by atoms with Crippen LogP contribution in [0.15, 0.2) is 29.2 Å². The summed E-state index contributed by atoms with van der Waals surface area (Å²) in [6, 6.07) is 5.82. The SMILES string of the molecule is NS(=O)(=O)c1ccc(NCCF)cc1. The molecule has 0 aromatic heterocycles. The van der Waals surface area contributed by atoms with E-state index in [1.54, 1.807) is 0 Å². The number of hydrogen-bond donors (Lipinski definition) is 2. The van der Waals surface area contributed by atoms with Crippen LogP contribution in [0.2, 0.25) is 0 Å². The average Bonchev–Trinajstić information content (AvgIpc) is 2.14. The fourth-order valence-electron chi connectivity index (χ4n) is 0.954. The predicted octanol–water partition coefficient (Wildman–Crippen LogP) is 0.715. The van der Waals surface area contributed by atoms with E-state index in [1.807, 2.05) is 0 Å². The van der Waals surface area contributed by atoms with E-state index >= 15 is 0 Å². The van der Waals surface area contributed by atoms with Gasteiger partial charge in [-0.2, -0.15) is 0 Å². The third-order valence-electron chi connectivity index (χ3n) is 1.61. The Bertz CT molecular complexity index is 388. The van der Waals surface area contributed by atoms with Gasteiger partial charge in [-0.1, -0.05) is 0 Å². The summed E-state index contributed by atoms with van der Waals surface area (Å²) in [4.78, 5) is 0.0447. The standard InChI is InChI=1S/C8H11FN2O2S/c9-5-6-11-7-1-3-8(4-2-7)14(10,12)13/h1-4,11H,5-6H2,(H2,10,12,13). The largest absolute Gasteiger partial charge is 0.382 e. The summed E-state index contributed by atoms with van der Waals surface area (Å²) in [5.41, 5.74) is 0.662. The van der Waals surface area contributed by atoms with Crippen LogP contribution in [-0.4, -0.2) is 21.6 Å². The predicted molar refractivity (Wildman–Crippen MR) is 52.3 cm³/mol. The van der Waals surface area contributed by atoms with E-state index in [0.29, 0.717) is 5.69 Å². The molecule has 0 heterocycles. The van der Waals surface area contributed by atoms with Gasteiger partial charge < -0.3 is 5.32 Å². The van der Waals surface area contributed by atoms with Crippen LogP contribution in [0.4, 0.5) is 10.1 Å². The second-order valence-electron chi connectivity index (χ2n) is 2.69. The molecule has 0 aliphatic heterocycles. The number of sulfonamides is 1.